The fourth-order valence-electron chi connectivity index (χ4n) is 1.53. The van der Waals surface area contributed by atoms with Gasteiger partial charge in [0, 0.05) is 11.3 Å². The number of halogens is 2. The van der Waals surface area contributed by atoms with Gasteiger partial charge in [-0.2, -0.15) is 0 Å². The summed E-state index contributed by atoms with van der Waals surface area (Å²) in [6, 6.07) is 9.41. The molecule has 2 aromatic carbocycles. The van der Waals surface area contributed by atoms with Gasteiger partial charge in [0.1, 0.15) is 11.5 Å². The number of hydrogen-bond acceptors (Lipinski definition) is 4. The molecule has 2 N–H and O–H groups in total. The summed E-state index contributed by atoms with van der Waals surface area (Å²) in [4.78, 5) is 0.150. The van der Waals surface area contributed by atoms with E-state index in [1.807, 2.05) is 0 Å². The van der Waals surface area contributed by atoms with Crippen molar-refractivity contribution in [1.82, 2.24) is 0 Å². The molecule has 0 aliphatic rings. The standard InChI is InChI=1S/C13H11BrClNO3S/c1-20(17,18)9-3-5-13(11(16)7-9)19-12-4-2-8(15)6-10(12)14/h2-7H,16H2,1H3. The first-order valence-corrected chi connectivity index (χ1v) is 8.56. The van der Waals surface area contributed by atoms with Crippen molar-refractivity contribution in [3.63, 3.8) is 0 Å². The van der Waals surface area contributed by atoms with Crippen molar-refractivity contribution in [2.45, 2.75) is 4.90 Å². The fourth-order valence-corrected chi connectivity index (χ4v) is 2.95. The molecule has 0 amide bonds. The lowest BCUT2D eigenvalue weighted by atomic mass is 10.3. The molecule has 0 saturated carbocycles. The lowest BCUT2D eigenvalue weighted by molar-refractivity contribution is 0.481. The SMILES string of the molecule is CS(=O)(=O)c1ccc(Oc2ccc(Cl)cc2Br)c(N)c1. The highest BCUT2D eigenvalue weighted by Gasteiger charge is 2.11. The summed E-state index contributed by atoms with van der Waals surface area (Å²) >= 11 is 9.17. The Morgan fingerprint density at radius 1 is 1.15 bits per heavy atom. The van der Waals surface area contributed by atoms with Gasteiger partial charge in [-0.1, -0.05) is 11.6 Å². The summed E-state index contributed by atoms with van der Waals surface area (Å²) in [6.45, 7) is 0. The first kappa shape index (κ1) is 15.2. The second-order valence-corrected chi connectivity index (χ2v) is 7.46. The van der Waals surface area contributed by atoms with Crippen molar-refractivity contribution >= 4 is 43.1 Å². The number of anilines is 1. The number of rotatable bonds is 3. The van der Waals surface area contributed by atoms with E-state index in [1.165, 1.54) is 18.2 Å². The summed E-state index contributed by atoms with van der Waals surface area (Å²) in [5, 5.41) is 0.574. The van der Waals surface area contributed by atoms with Crippen LogP contribution in [0.1, 0.15) is 0 Å². The number of nitrogens with two attached hydrogens (primary N) is 1. The van der Waals surface area contributed by atoms with Crippen LogP contribution in [0.2, 0.25) is 5.02 Å². The average molecular weight is 377 g/mol. The second-order valence-electron chi connectivity index (χ2n) is 4.15. The summed E-state index contributed by atoms with van der Waals surface area (Å²) < 4.78 is 29.2. The Morgan fingerprint density at radius 2 is 1.80 bits per heavy atom. The van der Waals surface area contributed by atoms with Gasteiger partial charge < -0.3 is 10.5 Å². The van der Waals surface area contributed by atoms with Crippen molar-refractivity contribution in [3.05, 3.63) is 45.9 Å². The van der Waals surface area contributed by atoms with E-state index in [-0.39, 0.29) is 10.6 Å². The van der Waals surface area contributed by atoms with Crippen molar-refractivity contribution in [3.8, 4) is 11.5 Å². The van der Waals surface area contributed by atoms with Crippen LogP contribution < -0.4 is 10.5 Å². The molecule has 4 nitrogen and oxygen atoms in total. The molecule has 0 bridgehead atoms. The van der Waals surface area contributed by atoms with Gasteiger partial charge >= 0.3 is 0 Å². The molecule has 7 heteroatoms. The summed E-state index contributed by atoms with van der Waals surface area (Å²) in [5.74, 6) is 0.911. The van der Waals surface area contributed by atoms with Crippen LogP contribution in [-0.2, 0) is 9.84 Å². The third-order valence-corrected chi connectivity index (χ3v) is 4.49. The Balaban J connectivity index is 2.35. The molecule has 2 aromatic rings. The molecule has 0 aliphatic carbocycles. The van der Waals surface area contributed by atoms with E-state index in [1.54, 1.807) is 18.2 Å². The van der Waals surface area contributed by atoms with Crippen LogP contribution >= 0.6 is 27.5 Å². The maximum Gasteiger partial charge on any atom is 0.175 e. The van der Waals surface area contributed by atoms with Crippen LogP contribution in [0.25, 0.3) is 0 Å². The van der Waals surface area contributed by atoms with E-state index in [4.69, 9.17) is 22.1 Å². The van der Waals surface area contributed by atoms with Crippen LogP contribution in [0.15, 0.2) is 45.8 Å². The van der Waals surface area contributed by atoms with Gasteiger partial charge in [-0.25, -0.2) is 8.42 Å². The van der Waals surface area contributed by atoms with E-state index < -0.39 is 9.84 Å². The van der Waals surface area contributed by atoms with Gasteiger partial charge in [0.25, 0.3) is 0 Å². The van der Waals surface area contributed by atoms with Crippen LogP contribution in [0.3, 0.4) is 0 Å². The van der Waals surface area contributed by atoms with Gasteiger partial charge in [-0.15, -0.1) is 0 Å². The highest BCUT2D eigenvalue weighted by atomic mass is 79.9. The topological polar surface area (TPSA) is 69.4 Å². The molecule has 0 aliphatic heterocycles. The summed E-state index contributed by atoms with van der Waals surface area (Å²) in [7, 11) is -3.29. The van der Waals surface area contributed by atoms with E-state index in [0.29, 0.717) is 21.0 Å². The van der Waals surface area contributed by atoms with Crippen molar-refractivity contribution < 1.29 is 13.2 Å². The molecule has 0 atom stereocenters. The Kier molecular flexibility index (Phi) is 4.27. The zero-order valence-corrected chi connectivity index (χ0v) is 13.6. The number of nitrogen functional groups attached to an aromatic ring is 1. The van der Waals surface area contributed by atoms with Crippen LogP contribution in [0, 0.1) is 0 Å². The van der Waals surface area contributed by atoms with Crippen LogP contribution in [0.5, 0.6) is 11.5 Å². The summed E-state index contributed by atoms with van der Waals surface area (Å²) in [5.41, 5.74) is 6.06. The largest absolute Gasteiger partial charge is 0.454 e. The molecule has 0 heterocycles. The van der Waals surface area contributed by atoms with Crippen molar-refractivity contribution in [2.75, 3.05) is 12.0 Å². The molecule has 0 saturated heterocycles. The zero-order chi connectivity index (χ0) is 14.9. The molecule has 106 valence electrons. The van der Waals surface area contributed by atoms with Gasteiger partial charge in [0.05, 0.1) is 15.1 Å². The number of sulfone groups is 1. The maximum absolute atomic E-state index is 11.4. The van der Waals surface area contributed by atoms with E-state index in [9.17, 15) is 8.42 Å². The molecule has 0 aromatic heterocycles. The zero-order valence-electron chi connectivity index (χ0n) is 10.4. The van der Waals surface area contributed by atoms with Gasteiger partial charge in [0.15, 0.2) is 9.84 Å². The number of benzene rings is 2. The highest BCUT2D eigenvalue weighted by molar-refractivity contribution is 9.10. The Bertz CT molecular complexity index is 762. The van der Waals surface area contributed by atoms with Gasteiger partial charge in [0.2, 0.25) is 0 Å². The fraction of sp³-hybridized carbons (Fsp3) is 0.0769. The molecule has 2 rings (SSSR count). The maximum atomic E-state index is 11.4. The van der Waals surface area contributed by atoms with Gasteiger partial charge in [-0.05, 0) is 52.3 Å². The summed E-state index contributed by atoms with van der Waals surface area (Å²) in [6.07, 6.45) is 1.12. The quantitative estimate of drug-likeness (QED) is 0.825. The second kappa shape index (κ2) is 5.63. The monoisotopic (exact) mass is 375 g/mol. The lowest BCUT2D eigenvalue weighted by Gasteiger charge is -2.11. The Hall–Kier alpha value is -1.24. The minimum Gasteiger partial charge on any atom is -0.454 e. The Morgan fingerprint density at radius 3 is 2.35 bits per heavy atom. The normalized spacial score (nSPS) is 11.3. The third kappa shape index (κ3) is 3.45. The highest BCUT2D eigenvalue weighted by Crippen LogP contribution is 2.35. The van der Waals surface area contributed by atoms with Crippen LogP contribution in [-0.4, -0.2) is 14.7 Å². The molecule has 0 radical (unpaired) electrons. The molecular formula is C13H11BrClNO3S. The Labute approximate surface area is 130 Å². The lowest BCUT2D eigenvalue weighted by Crippen LogP contribution is -2.00. The molecular weight excluding hydrogens is 366 g/mol. The van der Waals surface area contributed by atoms with E-state index in [2.05, 4.69) is 15.9 Å². The number of ether oxygens (including phenoxy) is 1. The number of hydrogen-bond donors (Lipinski definition) is 1. The van der Waals surface area contributed by atoms with Crippen molar-refractivity contribution in [1.29, 1.82) is 0 Å². The van der Waals surface area contributed by atoms with Crippen molar-refractivity contribution in [2.24, 2.45) is 0 Å². The predicted molar refractivity (Wildman–Crippen MR) is 83.2 cm³/mol. The molecule has 0 fully saturated rings. The molecule has 0 spiro atoms. The average Bonchev–Trinajstić information content (AvgIpc) is 2.33. The predicted octanol–water partition coefficient (Wildman–Crippen LogP) is 3.88. The minimum absolute atomic E-state index is 0.150. The molecule has 0 unspecified atom stereocenters. The van der Waals surface area contributed by atoms with Gasteiger partial charge in [-0.3, -0.25) is 0 Å². The molecule has 20 heavy (non-hydrogen) atoms. The minimum atomic E-state index is -3.29. The van der Waals surface area contributed by atoms with Crippen LogP contribution in [0.4, 0.5) is 5.69 Å². The first-order valence-electron chi connectivity index (χ1n) is 5.50. The first-order chi connectivity index (χ1) is 9.27. The smallest absolute Gasteiger partial charge is 0.175 e. The van der Waals surface area contributed by atoms with E-state index in [0.717, 1.165) is 6.26 Å². The third-order valence-electron chi connectivity index (χ3n) is 2.52. The van der Waals surface area contributed by atoms with E-state index >= 15 is 0 Å².